The van der Waals surface area contributed by atoms with Crippen molar-refractivity contribution < 1.29 is 31.8 Å². The lowest BCUT2D eigenvalue weighted by Gasteiger charge is -2.16. The lowest BCUT2D eigenvalue weighted by molar-refractivity contribution is -0.141. The summed E-state index contributed by atoms with van der Waals surface area (Å²) in [7, 11) is 1.39. The third-order valence-corrected chi connectivity index (χ3v) is 6.27. The van der Waals surface area contributed by atoms with Crippen molar-refractivity contribution in [1.82, 2.24) is 24.1 Å². The van der Waals surface area contributed by atoms with Gasteiger partial charge in [0, 0.05) is 36.3 Å². The monoisotopic (exact) mass is 578 g/mol. The van der Waals surface area contributed by atoms with Crippen LogP contribution in [-0.4, -0.2) is 50.4 Å². The summed E-state index contributed by atoms with van der Waals surface area (Å²) in [4.78, 5) is 34.6. The molecule has 1 N–H and O–H groups in total. The van der Waals surface area contributed by atoms with Crippen LogP contribution in [0.25, 0.3) is 27.5 Å². The second kappa shape index (κ2) is 10.4. The molecule has 4 aromatic heterocycles. The van der Waals surface area contributed by atoms with Crippen molar-refractivity contribution in [3.05, 3.63) is 69.0 Å². The molecule has 208 valence electrons. The van der Waals surface area contributed by atoms with Gasteiger partial charge in [-0.25, -0.2) is 18.7 Å². The van der Waals surface area contributed by atoms with Gasteiger partial charge in [0.2, 0.25) is 5.95 Å². The molecule has 0 unspecified atom stereocenters. The Morgan fingerprint density at radius 1 is 1.18 bits per heavy atom. The van der Waals surface area contributed by atoms with Gasteiger partial charge < -0.3 is 19.4 Å². The number of nitrogens with one attached hydrogen (secondary N) is 1. The van der Waals surface area contributed by atoms with E-state index in [2.05, 4.69) is 20.4 Å². The van der Waals surface area contributed by atoms with E-state index >= 15 is 0 Å². The SMILES string of the molecule is CCOC(=O)c1cc2c3cnc(Nc4ccc(F)c(Cl)c4)nc3n3nc(C(F)(F)F)cc3c2n(CCOC)c1=O. The summed E-state index contributed by atoms with van der Waals surface area (Å²) in [5.74, 6) is -1.60. The number of benzene rings is 1. The number of anilines is 2. The fraction of sp³-hybridized carbons (Fsp3) is 0.240. The summed E-state index contributed by atoms with van der Waals surface area (Å²) in [6.45, 7) is 1.50. The number of aromatic nitrogens is 5. The average Bonchev–Trinajstić information content (AvgIpc) is 3.37. The van der Waals surface area contributed by atoms with Gasteiger partial charge in [-0.05, 0) is 37.3 Å². The van der Waals surface area contributed by atoms with Gasteiger partial charge in [0.15, 0.2) is 11.3 Å². The first-order valence-corrected chi connectivity index (χ1v) is 12.1. The minimum atomic E-state index is -4.81. The number of carbonyl (C=O) groups excluding carboxylic acids is 1. The van der Waals surface area contributed by atoms with Gasteiger partial charge >= 0.3 is 12.1 Å². The maximum atomic E-state index is 13.8. The van der Waals surface area contributed by atoms with E-state index in [0.29, 0.717) is 5.69 Å². The van der Waals surface area contributed by atoms with Crippen LogP contribution in [0.4, 0.5) is 29.2 Å². The van der Waals surface area contributed by atoms with Gasteiger partial charge in [-0.3, -0.25) is 4.79 Å². The normalized spacial score (nSPS) is 12.0. The number of halogens is 5. The summed E-state index contributed by atoms with van der Waals surface area (Å²) in [6, 6.07) is 5.83. The minimum absolute atomic E-state index is 0.00271. The van der Waals surface area contributed by atoms with E-state index in [4.69, 9.17) is 21.1 Å². The standard InChI is InChI=1S/C25H19ClF4N6O4/c1-3-40-23(38)14-9-13-15-11-31-24(32-12-4-5-17(27)16(26)8-12)33-21(15)36-18(10-19(34-36)25(28,29)30)20(13)35(22(14)37)6-7-39-2/h4-5,8-11H,3,6-7H2,1-2H3,(H,31,32,33). The quantitative estimate of drug-likeness (QED) is 0.164. The van der Waals surface area contributed by atoms with Gasteiger partial charge in [-0.1, -0.05) is 11.6 Å². The predicted octanol–water partition coefficient (Wildman–Crippen LogP) is 4.97. The Labute approximate surface area is 227 Å². The Hall–Kier alpha value is -4.30. The zero-order valence-corrected chi connectivity index (χ0v) is 21.6. The first kappa shape index (κ1) is 27.3. The number of nitrogens with zero attached hydrogens (tertiary/aromatic N) is 5. The predicted molar refractivity (Wildman–Crippen MR) is 138 cm³/mol. The number of hydrogen-bond acceptors (Lipinski definition) is 8. The summed E-state index contributed by atoms with van der Waals surface area (Å²) in [5, 5.41) is 6.81. The molecule has 40 heavy (non-hydrogen) atoms. The lowest BCUT2D eigenvalue weighted by atomic mass is 10.1. The maximum Gasteiger partial charge on any atom is 0.435 e. The number of ether oxygens (including phenoxy) is 2. The highest BCUT2D eigenvalue weighted by atomic mass is 35.5. The molecular weight excluding hydrogens is 560 g/mol. The van der Waals surface area contributed by atoms with E-state index in [-0.39, 0.29) is 63.7 Å². The molecule has 0 aliphatic heterocycles. The number of carbonyl (C=O) groups is 1. The smallest absolute Gasteiger partial charge is 0.435 e. The van der Waals surface area contributed by atoms with E-state index in [1.165, 1.54) is 31.5 Å². The third-order valence-electron chi connectivity index (χ3n) is 5.98. The van der Waals surface area contributed by atoms with Crippen molar-refractivity contribution in [3.63, 3.8) is 0 Å². The molecule has 0 saturated carbocycles. The van der Waals surface area contributed by atoms with Crippen LogP contribution in [0.3, 0.4) is 0 Å². The molecule has 0 fully saturated rings. The molecule has 10 nitrogen and oxygen atoms in total. The van der Waals surface area contributed by atoms with Crippen LogP contribution in [-0.2, 0) is 22.2 Å². The Bertz CT molecular complexity index is 1850. The number of pyridine rings is 2. The van der Waals surface area contributed by atoms with Crippen molar-refractivity contribution >= 4 is 56.7 Å². The van der Waals surface area contributed by atoms with Crippen molar-refractivity contribution in [2.75, 3.05) is 25.6 Å². The van der Waals surface area contributed by atoms with Crippen LogP contribution in [0.1, 0.15) is 23.0 Å². The van der Waals surface area contributed by atoms with Gasteiger partial charge in [-0.15, -0.1) is 0 Å². The lowest BCUT2D eigenvalue weighted by Crippen LogP contribution is -2.29. The van der Waals surface area contributed by atoms with Crippen LogP contribution in [0.5, 0.6) is 0 Å². The van der Waals surface area contributed by atoms with E-state index in [9.17, 15) is 27.2 Å². The molecule has 1 aromatic carbocycles. The van der Waals surface area contributed by atoms with Gasteiger partial charge in [0.25, 0.3) is 5.56 Å². The zero-order valence-electron chi connectivity index (χ0n) is 20.8. The van der Waals surface area contributed by atoms with Crippen molar-refractivity contribution in [3.8, 4) is 0 Å². The average molecular weight is 579 g/mol. The maximum absolute atomic E-state index is 13.8. The summed E-state index contributed by atoms with van der Waals surface area (Å²) in [5.41, 5.74) is -2.08. The molecule has 15 heteroatoms. The van der Waals surface area contributed by atoms with Crippen molar-refractivity contribution in [2.24, 2.45) is 0 Å². The first-order chi connectivity index (χ1) is 19.0. The molecule has 5 aromatic rings. The van der Waals surface area contributed by atoms with E-state index in [1.54, 1.807) is 6.92 Å². The minimum Gasteiger partial charge on any atom is -0.462 e. The summed E-state index contributed by atoms with van der Waals surface area (Å²) >= 11 is 5.84. The van der Waals surface area contributed by atoms with Crippen LogP contribution in [0.2, 0.25) is 5.02 Å². The van der Waals surface area contributed by atoms with E-state index in [0.717, 1.165) is 21.2 Å². The highest BCUT2D eigenvalue weighted by molar-refractivity contribution is 6.31. The zero-order chi connectivity index (χ0) is 28.8. The number of hydrogen-bond donors (Lipinski definition) is 1. The number of esters is 1. The molecule has 0 bridgehead atoms. The Morgan fingerprint density at radius 3 is 2.62 bits per heavy atom. The third kappa shape index (κ3) is 4.79. The summed E-state index contributed by atoms with van der Waals surface area (Å²) in [6.07, 6.45) is -3.50. The van der Waals surface area contributed by atoms with Crippen LogP contribution in [0, 0.1) is 5.82 Å². The Morgan fingerprint density at radius 2 is 1.95 bits per heavy atom. The van der Waals surface area contributed by atoms with Gasteiger partial charge in [0.05, 0.1) is 29.3 Å². The number of fused-ring (bicyclic) bond motifs is 6. The van der Waals surface area contributed by atoms with Gasteiger partial charge in [0.1, 0.15) is 11.4 Å². The number of rotatable bonds is 7. The Balaban J connectivity index is 1.86. The molecule has 4 heterocycles. The van der Waals surface area contributed by atoms with Crippen LogP contribution >= 0.6 is 11.6 Å². The summed E-state index contributed by atoms with van der Waals surface area (Å²) < 4.78 is 67.2. The molecule has 0 radical (unpaired) electrons. The second-order valence-electron chi connectivity index (χ2n) is 8.50. The van der Waals surface area contributed by atoms with Gasteiger partial charge in [-0.2, -0.15) is 23.3 Å². The second-order valence-corrected chi connectivity index (χ2v) is 8.91. The fourth-order valence-electron chi connectivity index (χ4n) is 4.24. The van der Waals surface area contributed by atoms with Crippen molar-refractivity contribution in [1.29, 1.82) is 0 Å². The number of methoxy groups -OCH3 is 1. The molecule has 5 rings (SSSR count). The van der Waals surface area contributed by atoms with Crippen LogP contribution < -0.4 is 10.9 Å². The first-order valence-electron chi connectivity index (χ1n) is 11.7. The van der Waals surface area contributed by atoms with Crippen LogP contribution in [0.15, 0.2) is 41.3 Å². The molecule has 0 amide bonds. The molecule has 0 aliphatic rings. The van der Waals surface area contributed by atoms with E-state index in [1.807, 2.05) is 0 Å². The Kier molecular flexibility index (Phi) is 7.06. The molecular formula is C25H19ClF4N6O4. The largest absolute Gasteiger partial charge is 0.462 e. The molecule has 0 saturated heterocycles. The molecule has 0 spiro atoms. The molecule has 0 aliphatic carbocycles. The van der Waals surface area contributed by atoms with E-state index < -0.39 is 29.2 Å². The topological polar surface area (TPSA) is 113 Å². The van der Waals surface area contributed by atoms with Crippen molar-refractivity contribution in [2.45, 2.75) is 19.6 Å². The molecule has 0 atom stereocenters. The highest BCUT2D eigenvalue weighted by Gasteiger charge is 2.35. The highest BCUT2D eigenvalue weighted by Crippen LogP contribution is 2.34. The number of alkyl halides is 3. The fourth-order valence-corrected chi connectivity index (χ4v) is 4.42.